The van der Waals surface area contributed by atoms with Crippen molar-refractivity contribution in [2.75, 3.05) is 12.4 Å². The SMILES string of the molecule is CCCS(=O)c1ccc(OC(C)(C)CCOS(=O)(=O)c2ccc(C)cc2)cc1. The molecule has 5 nitrogen and oxygen atoms in total. The molecule has 0 aromatic heterocycles. The van der Waals surface area contributed by atoms with Crippen LogP contribution in [0, 0.1) is 6.92 Å². The molecule has 2 rings (SSSR count). The van der Waals surface area contributed by atoms with Gasteiger partial charge in [-0.15, -0.1) is 0 Å². The van der Waals surface area contributed by atoms with Gasteiger partial charge < -0.3 is 4.74 Å². The van der Waals surface area contributed by atoms with Crippen molar-refractivity contribution in [2.45, 2.75) is 55.9 Å². The highest BCUT2D eigenvalue weighted by Crippen LogP contribution is 2.23. The fourth-order valence-electron chi connectivity index (χ4n) is 2.50. The summed E-state index contributed by atoms with van der Waals surface area (Å²) in [6, 6.07) is 13.7. The Balaban J connectivity index is 1.91. The highest BCUT2D eigenvalue weighted by Gasteiger charge is 2.22. The Bertz CT molecular complexity index is 885. The van der Waals surface area contributed by atoms with Crippen molar-refractivity contribution in [3.63, 3.8) is 0 Å². The minimum Gasteiger partial charge on any atom is -0.488 e. The van der Waals surface area contributed by atoms with Crippen LogP contribution < -0.4 is 4.74 Å². The Labute approximate surface area is 170 Å². The summed E-state index contributed by atoms with van der Waals surface area (Å²) in [7, 11) is -4.77. The summed E-state index contributed by atoms with van der Waals surface area (Å²) < 4.78 is 47.6. The molecule has 0 aliphatic carbocycles. The molecule has 0 saturated heterocycles. The summed E-state index contributed by atoms with van der Waals surface area (Å²) >= 11 is 0. The summed E-state index contributed by atoms with van der Waals surface area (Å²) in [5.74, 6) is 1.28. The molecule has 2 aromatic carbocycles. The van der Waals surface area contributed by atoms with Crippen LogP contribution in [0.2, 0.25) is 0 Å². The quantitative estimate of drug-likeness (QED) is 0.527. The van der Waals surface area contributed by atoms with Crippen LogP contribution in [0.5, 0.6) is 5.75 Å². The van der Waals surface area contributed by atoms with Gasteiger partial charge in [-0.05, 0) is 63.6 Å². The fourth-order valence-corrected chi connectivity index (χ4v) is 4.46. The molecule has 1 unspecified atom stereocenters. The van der Waals surface area contributed by atoms with E-state index < -0.39 is 26.5 Å². The smallest absolute Gasteiger partial charge is 0.296 e. The van der Waals surface area contributed by atoms with Crippen molar-refractivity contribution in [3.8, 4) is 5.75 Å². The molecule has 0 spiro atoms. The Morgan fingerprint density at radius 1 is 1.00 bits per heavy atom. The molecule has 28 heavy (non-hydrogen) atoms. The molecule has 0 bridgehead atoms. The Morgan fingerprint density at radius 2 is 1.61 bits per heavy atom. The normalized spacial score (nSPS) is 13.3. The number of rotatable bonds is 10. The van der Waals surface area contributed by atoms with Gasteiger partial charge in [-0.3, -0.25) is 8.39 Å². The first-order chi connectivity index (χ1) is 13.1. The van der Waals surface area contributed by atoms with Gasteiger partial charge in [0.05, 0.1) is 22.3 Å². The zero-order chi connectivity index (χ0) is 20.8. The van der Waals surface area contributed by atoms with Gasteiger partial charge in [-0.2, -0.15) is 8.42 Å². The van der Waals surface area contributed by atoms with Gasteiger partial charge in [0.25, 0.3) is 10.1 Å². The summed E-state index contributed by atoms with van der Waals surface area (Å²) in [4.78, 5) is 0.923. The topological polar surface area (TPSA) is 69.7 Å². The van der Waals surface area contributed by atoms with Crippen LogP contribution in [0.15, 0.2) is 58.3 Å². The van der Waals surface area contributed by atoms with Crippen molar-refractivity contribution in [1.82, 2.24) is 0 Å². The van der Waals surface area contributed by atoms with Crippen molar-refractivity contribution in [1.29, 1.82) is 0 Å². The molecular formula is C21H28O5S2. The maximum Gasteiger partial charge on any atom is 0.296 e. The third kappa shape index (κ3) is 6.72. The highest BCUT2D eigenvalue weighted by molar-refractivity contribution is 7.86. The largest absolute Gasteiger partial charge is 0.488 e. The summed E-state index contributed by atoms with van der Waals surface area (Å²) in [5, 5.41) is 0. The van der Waals surface area contributed by atoms with Crippen LogP contribution in [0.1, 0.15) is 39.2 Å². The number of benzene rings is 2. The molecule has 0 N–H and O–H groups in total. The number of ether oxygens (including phenoxy) is 1. The van der Waals surface area contributed by atoms with Crippen LogP contribution in [-0.2, 0) is 25.1 Å². The monoisotopic (exact) mass is 424 g/mol. The van der Waals surface area contributed by atoms with E-state index in [1.807, 2.05) is 27.7 Å². The van der Waals surface area contributed by atoms with E-state index in [-0.39, 0.29) is 11.5 Å². The zero-order valence-electron chi connectivity index (χ0n) is 16.8. The van der Waals surface area contributed by atoms with Gasteiger partial charge in [0.2, 0.25) is 0 Å². The second-order valence-electron chi connectivity index (χ2n) is 7.22. The molecule has 2 aromatic rings. The lowest BCUT2D eigenvalue weighted by Crippen LogP contribution is -2.30. The first-order valence-electron chi connectivity index (χ1n) is 9.26. The average Bonchev–Trinajstić information content (AvgIpc) is 2.62. The zero-order valence-corrected chi connectivity index (χ0v) is 18.4. The van der Waals surface area contributed by atoms with Crippen molar-refractivity contribution in [3.05, 3.63) is 54.1 Å². The van der Waals surface area contributed by atoms with Gasteiger partial charge in [-0.25, -0.2) is 0 Å². The number of hydrogen-bond acceptors (Lipinski definition) is 5. The maximum atomic E-state index is 12.3. The molecule has 0 fully saturated rings. The molecule has 0 aliphatic rings. The first-order valence-corrected chi connectivity index (χ1v) is 12.0. The summed E-state index contributed by atoms with van der Waals surface area (Å²) in [6.07, 6.45) is 1.25. The molecule has 7 heteroatoms. The predicted octanol–water partition coefficient (Wildman–Crippen LogP) is 4.47. The van der Waals surface area contributed by atoms with Crippen LogP contribution in [0.3, 0.4) is 0 Å². The van der Waals surface area contributed by atoms with E-state index in [1.165, 1.54) is 12.1 Å². The van der Waals surface area contributed by atoms with E-state index in [2.05, 4.69) is 0 Å². The Morgan fingerprint density at radius 3 is 2.18 bits per heavy atom. The minimum atomic E-state index is -3.78. The maximum absolute atomic E-state index is 12.3. The Kier molecular flexibility index (Phi) is 7.80. The van der Waals surface area contributed by atoms with E-state index in [0.29, 0.717) is 17.9 Å². The summed E-state index contributed by atoms with van der Waals surface area (Å²) in [6.45, 7) is 7.65. The molecule has 0 amide bonds. The average molecular weight is 425 g/mol. The van der Waals surface area contributed by atoms with Crippen molar-refractivity contribution < 1.29 is 21.5 Å². The second-order valence-corrected chi connectivity index (χ2v) is 10.4. The molecule has 154 valence electrons. The number of hydrogen-bond donors (Lipinski definition) is 0. The lowest BCUT2D eigenvalue weighted by molar-refractivity contribution is 0.0822. The molecule has 0 heterocycles. The molecular weight excluding hydrogens is 396 g/mol. The predicted molar refractivity (Wildman–Crippen MR) is 112 cm³/mol. The van der Waals surface area contributed by atoms with Gasteiger partial charge in [0, 0.05) is 17.1 Å². The third-order valence-corrected chi connectivity index (χ3v) is 7.03. The molecule has 0 radical (unpaired) electrons. The molecule has 1 atom stereocenters. The van der Waals surface area contributed by atoms with E-state index in [1.54, 1.807) is 36.4 Å². The first kappa shape index (κ1) is 22.6. The van der Waals surface area contributed by atoms with E-state index in [4.69, 9.17) is 8.92 Å². The van der Waals surface area contributed by atoms with Gasteiger partial charge in [0.15, 0.2) is 0 Å². The van der Waals surface area contributed by atoms with Gasteiger partial charge in [-0.1, -0.05) is 24.6 Å². The van der Waals surface area contributed by atoms with Crippen LogP contribution in [0.4, 0.5) is 0 Å². The van der Waals surface area contributed by atoms with Gasteiger partial charge in [0.1, 0.15) is 11.4 Å². The van der Waals surface area contributed by atoms with Crippen LogP contribution in [-0.4, -0.2) is 30.6 Å². The fraction of sp³-hybridized carbons (Fsp3) is 0.429. The van der Waals surface area contributed by atoms with E-state index >= 15 is 0 Å². The van der Waals surface area contributed by atoms with Crippen LogP contribution in [0.25, 0.3) is 0 Å². The Hall–Kier alpha value is -1.70. The van der Waals surface area contributed by atoms with Crippen molar-refractivity contribution in [2.24, 2.45) is 0 Å². The number of aryl methyl sites for hydroxylation is 1. The van der Waals surface area contributed by atoms with Crippen LogP contribution >= 0.6 is 0 Å². The minimum absolute atomic E-state index is 0.0157. The third-order valence-electron chi connectivity index (χ3n) is 4.12. The van der Waals surface area contributed by atoms with E-state index in [0.717, 1.165) is 16.9 Å². The van der Waals surface area contributed by atoms with E-state index in [9.17, 15) is 12.6 Å². The molecule has 0 saturated carbocycles. The highest BCUT2D eigenvalue weighted by atomic mass is 32.2. The second kappa shape index (κ2) is 9.67. The van der Waals surface area contributed by atoms with Gasteiger partial charge >= 0.3 is 0 Å². The lowest BCUT2D eigenvalue weighted by Gasteiger charge is -2.26. The van der Waals surface area contributed by atoms with Crippen molar-refractivity contribution >= 4 is 20.9 Å². The lowest BCUT2D eigenvalue weighted by atomic mass is 10.1. The standard InChI is InChI=1S/C21H28O5S2/c1-5-16-27(22)19-10-8-18(9-11-19)26-21(3,4)14-15-25-28(23,24)20-12-6-17(2)7-13-20/h6-13H,5,14-16H2,1-4H3. The summed E-state index contributed by atoms with van der Waals surface area (Å²) in [5.41, 5.74) is 0.366. The molecule has 0 aliphatic heterocycles.